The van der Waals surface area contributed by atoms with Crippen LogP contribution in [0.15, 0.2) is 18.2 Å². The van der Waals surface area contributed by atoms with E-state index in [1.165, 1.54) is 12.1 Å². The van der Waals surface area contributed by atoms with Crippen molar-refractivity contribution in [3.63, 3.8) is 0 Å². The second-order valence-corrected chi connectivity index (χ2v) is 4.39. The Balaban J connectivity index is 2.10. The number of hydrogen-bond acceptors (Lipinski definition) is 2. The van der Waals surface area contributed by atoms with Gasteiger partial charge in [0.25, 0.3) is 5.91 Å². The normalized spacial score (nSPS) is 23.1. The lowest BCUT2D eigenvalue weighted by Gasteiger charge is -2.19. The molecule has 98 valence electrons. The zero-order chi connectivity index (χ0) is 13.1. The Morgan fingerprint density at radius 2 is 2.17 bits per heavy atom. The summed E-state index contributed by atoms with van der Waals surface area (Å²) in [6.45, 7) is 0. The Labute approximate surface area is 104 Å². The number of rotatable bonds is 3. The van der Waals surface area contributed by atoms with Gasteiger partial charge in [0.15, 0.2) is 11.6 Å². The molecule has 2 atom stereocenters. The van der Waals surface area contributed by atoms with Crippen molar-refractivity contribution in [2.75, 3.05) is 7.11 Å². The average Bonchev–Trinajstić information content (AvgIpc) is 2.79. The highest BCUT2D eigenvalue weighted by Gasteiger charge is 2.29. The molecule has 0 heterocycles. The first-order valence-corrected chi connectivity index (χ1v) is 5.91. The fourth-order valence-corrected chi connectivity index (χ4v) is 2.30. The number of methoxy groups -OCH3 is 1. The molecule has 0 spiro atoms. The van der Waals surface area contributed by atoms with E-state index in [4.69, 9.17) is 4.74 Å². The number of carbonyl (C=O) groups is 1. The molecule has 1 aromatic rings. The second kappa shape index (κ2) is 5.44. The fourth-order valence-electron chi connectivity index (χ4n) is 2.30. The van der Waals surface area contributed by atoms with Crippen LogP contribution in [0.4, 0.5) is 8.78 Å². The van der Waals surface area contributed by atoms with Gasteiger partial charge in [-0.1, -0.05) is 6.07 Å². The van der Waals surface area contributed by atoms with Crippen LogP contribution < -0.4 is 5.32 Å². The van der Waals surface area contributed by atoms with Crippen LogP contribution in [-0.4, -0.2) is 25.2 Å². The maximum absolute atomic E-state index is 13.4. The fraction of sp³-hybridized carbons (Fsp3) is 0.462. The number of nitrogens with one attached hydrogen (secondary N) is 1. The molecule has 1 aliphatic carbocycles. The van der Waals surface area contributed by atoms with Gasteiger partial charge >= 0.3 is 0 Å². The summed E-state index contributed by atoms with van der Waals surface area (Å²) in [7, 11) is 1.58. The molecule has 0 saturated heterocycles. The molecule has 0 aromatic heterocycles. The van der Waals surface area contributed by atoms with E-state index < -0.39 is 17.5 Å². The van der Waals surface area contributed by atoms with Gasteiger partial charge in [-0.25, -0.2) is 8.78 Å². The lowest BCUT2D eigenvalue weighted by atomic mass is 10.1. The summed E-state index contributed by atoms with van der Waals surface area (Å²) < 4.78 is 31.7. The van der Waals surface area contributed by atoms with Crippen LogP contribution in [0.3, 0.4) is 0 Å². The minimum Gasteiger partial charge on any atom is -0.379 e. The van der Waals surface area contributed by atoms with Crippen molar-refractivity contribution in [3.05, 3.63) is 35.4 Å². The molecular weight excluding hydrogens is 240 g/mol. The molecule has 1 fully saturated rings. The summed E-state index contributed by atoms with van der Waals surface area (Å²) >= 11 is 0. The van der Waals surface area contributed by atoms with E-state index in [1.54, 1.807) is 7.11 Å². The Hall–Kier alpha value is -1.49. The highest BCUT2D eigenvalue weighted by atomic mass is 19.2. The Morgan fingerprint density at radius 1 is 1.39 bits per heavy atom. The van der Waals surface area contributed by atoms with Crippen LogP contribution in [0.2, 0.25) is 0 Å². The van der Waals surface area contributed by atoms with E-state index in [9.17, 15) is 13.6 Å². The van der Waals surface area contributed by atoms with E-state index in [1.807, 2.05) is 0 Å². The molecule has 0 radical (unpaired) electrons. The minimum atomic E-state index is -1.11. The zero-order valence-corrected chi connectivity index (χ0v) is 10.1. The average molecular weight is 255 g/mol. The van der Waals surface area contributed by atoms with Gasteiger partial charge in [-0.15, -0.1) is 0 Å². The Bertz CT molecular complexity index is 451. The third kappa shape index (κ3) is 2.51. The van der Waals surface area contributed by atoms with Crippen LogP contribution in [0.25, 0.3) is 0 Å². The Morgan fingerprint density at radius 3 is 2.89 bits per heavy atom. The minimum absolute atomic E-state index is 0.0504. The van der Waals surface area contributed by atoms with Crippen LogP contribution in [0, 0.1) is 11.6 Å². The largest absolute Gasteiger partial charge is 0.379 e. The monoisotopic (exact) mass is 255 g/mol. The van der Waals surface area contributed by atoms with Crippen molar-refractivity contribution in [1.82, 2.24) is 5.32 Å². The van der Waals surface area contributed by atoms with Crippen LogP contribution >= 0.6 is 0 Å². The molecule has 2 rings (SSSR count). The van der Waals surface area contributed by atoms with Gasteiger partial charge < -0.3 is 10.1 Å². The first kappa shape index (κ1) is 13.0. The standard InChI is InChI=1S/C13H15F2NO2/c1-18-11-7-3-6-10(11)16-13(17)8-4-2-5-9(14)12(8)15/h2,4-5,10-11H,3,6-7H2,1H3,(H,16,17). The number of carbonyl (C=O) groups excluding carboxylic acids is 1. The predicted octanol–water partition coefficient (Wildman–Crippen LogP) is 2.26. The molecule has 3 nitrogen and oxygen atoms in total. The SMILES string of the molecule is COC1CCCC1NC(=O)c1cccc(F)c1F. The molecule has 1 amide bonds. The molecular formula is C13H15F2NO2. The summed E-state index contributed by atoms with van der Waals surface area (Å²) in [5.74, 6) is -2.72. The third-order valence-electron chi connectivity index (χ3n) is 3.27. The second-order valence-electron chi connectivity index (χ2n) is 4.39. The van der Waals surface area contributed by atoms with Gasteiger partial charge in [0, 0.05) is 7.11 Å². The quantitative estimate of drug-likeness (QED) is 0.899. The number of benzene rings is 1. The lowest BCUT2D eigenvalue weighted by Crippen LogP contribution is -2.41. The van der Waals surface area contributed by atoms with Crippen molar-refractivity contribution >= 4 is 5.91 Å². The molecule has 1 saturated carbocycles. The first-order valence-electron chi connectivity index (χ1n) is 5.91. The van der Waals surface area contributed by atoms with Gasteiger partial charge in [-0.2, -0.15) is 0 Å². The van der Waals surface area contributed by atoms with Gasteiger partial charge in [0.1, 0.15) is 0 Å². The summed E-state index contributed by atoms with van der Waals surface area (Å²) in [4.78, 5) is 11.9. The molecule has 18 heavy (non-hydrogen) atoms. The molecule has 0 aliphatic heterocycles. The number of halogens is 2. The van der Waals surface area contributed by atoms with E-state index in [2.05, 4.69) is 5.32 Å². The van der Waals surface area contributed by atoms with E-state index >= 15 is 0 Å². The highest BCUT2D eigenvalue weighted by molar-refractivity contribution is 5.94. The van der Waals surface area contributed by atoms with Crippen molar-refractivity contribution in [1.29, 1.82) is 0 Å². The van der Waals surface area contributed by atoms with Crippen molar-refractivity contribution in [2.45, 2.75) is 31.4 Å². The highest BCUT2D eigenvalue weighted by Crippen LogP contribution is 2.22. The number of ether oxygens (including phenoxy) is 1. The zero-order valence-electron chi connectivity index (χ0n) is 10.1. The number of amides is 1. The van der Waals surface area contributed by atoms with Crippen LogP contribution in [-0.2, 0) is 4.74 Å². The van der Waals surface area contributed by atoms with Crippen molar-refractivity contribution < 1.29 is 18.3 Å². The topological polar surface area (TPSA) is 38.3 Å². The van der Waals surface area contributed by atoms with Gasteiger partial charge in [0.2, 0.25) is 0 Å². The predicted molar refractivity (Wildman–Crippen MR) is 62.3 cm³/mol. The Kier molecular flexibility index (Phi) is 3.91. The molecule has 1 N–H and O–H groups in total. The summed E-state index contributed by atoms with van der Waals surface area (Å²) in [6, 6.07) is 3.44. The van der Waals surface area contributed by atoms with Crippen molar-refractivity contribution in [2.24, 2.45) is 0 Å². The van der Waals surface area contributed by atoms with E-state index in [0.29, 0.717) is 0 Å². The molecule has 5 heteroatoms. The first-order chi connectivity index (χ1) is 8.63. The summed E-state index contributed by atoms with van der Waals surface area (Å²) in [5, 5.41) is 2.69. The van der Waals surface area contributed by atoms with E-state index in [-0.39, 0.29) is 17.7 Å². The summed E-state index contributed by atoms with van der Waals surface area (Å²) in [5.41, 5.74) is -0.267. The smallest absolute Gasteiger partial charge is 0.254 e. The number of hydrogen-bond donors (Lipinski definition) is 1. The molecule has 1 aliphatic rings. The lowest BCUT2D eigenvalue weighted by molar-refractivity contribution is 0.0719. The van der Waals surface area contributed by atoms with E-state index in [0.717, 1.165) is 25.3 Å². The van der Waals surface area contributed by atoms with Gasteiger partial charge in [-0.3, -0.25) is 4.79 Å². The van der Waals surface area contributed by atoms with Crippen LogP contribution in [0.5, 0.6) is 0 Å². The molecule has 2 unspecified atom stereocenters. The van der Waals surface area contributed by atoms with Crippen molar-refractivity contribution in [3.8, 4) is 0 Å². The third-order valence-corrected chi connectivity index (χ3v) is 3.27. The van der Waals surface area contributed by atoms with Crippen LogP contribution in [0.1, 0.15) is 29.6 Å². The summed E-state index contributed by atoms with van der Waals surface area (Å²) in [6.07, 6.45) is 2.56. The molecule has 1 aromatic carbocycles. The maximum atomic E-state index is 13.4. The maximum Gasteiger partial charge on any atom is 0.254 e. The van der Waals surface area contributed by atoms with Gasteiger partial charge in [-0.05, 0) is 31.4 Å². The van der Waals surface area contributed by atoms with Gasteiger partial charge in [0.05, 0.1) is 17.7 Å². The molecule has 0 bridgehead atoms.